The zero-order valence-electron chi connectivity index (χ0n) is 8.63. The largest absolute Gasteiger partial charge is 0.478 e. The molecule has 3 nitrogen and oxygen atoms in total. The van der Waals surface area contributed by atoms with Crippen LogP contribution in [0, 0.1) is 11.6 Å². The first-order chi connectivity index (χ1) is 7.56. The molecule has 0 amide bonds. The van der Waals surface area contributed by atoms with E-state index in [0.29, 0.717) is 12.6 Å². The molecule has 86 valence electrons. The van der Waals surface area contributed by atoms with Crippen molar-refractivity contribution in [3.63, 3.8) is 0 Å². The van der Waals surface area contributed by atoms with Crippen LogP contribution in [0.3, 0.4) is 0 Å². The van der Waals surface area contributed by atoms with Crippen molar-refractivity contribution in [2.24, 2.45) is 0 Å². The third-order valence-electron chi connectivity index (χ3n) is 1.94. The van der Waals surface area contributed by atoms with E-state index in [1.165, 1.54) is 6.08 Å². The van der Waals surface area contributed by atoms with Crippen LogP contribution >= 0.6 is 0 Å². The summed E-state index contributed by atoms with van der Waals surface area (Å²) < 4.78 is 26.5. The number of nitrogens with one attached hydrogen (secondary N) is 1. The minimum Gasteiger partial charge on any atom is -0.478 e. The number of carboxylic acid groups (broad SMARTS) is 1. The summed E-state index contributed by atoms with van der Waals surface area (Å²) in [5.41, 5.74) is -0.638. The summed E-state index contributed by atoms with van der Waals surface area (Å²) in [7, 11) is 1.72. The highest BCUT2D eigenvalue weighted by Crippen LogP contribution is 2.16. The number of benzene rings is 1. The standard InChI is InChI=1S/C11H11F2NO2/c1-14-4-2-3-7-5-10(13)8(11(15)16)6-9(7)12/h2-3,5-6,14H,4H2,1H3,(H,15,16). The Labute approximate surface area is 91.4 Å². The Balaban J connectivity index is 3.05. The van der Waals surface area contributed by atoms with Crippen molar-refractivity contribution in [3.05, 3.63) is 41.0 Å². The van der Waals surface area contributed by atoms with Gasteiger partial charge in [0.25, 0.3) is 0 Å². The van der Waals surface area contributed by atoms with Gasteiger partial charge < -0.3 is 10.4 Å². The van der Waals surface area contributed by atoms with Gasteiger partial charge in [-0.2, -0.15) is 0 Å². The van der Waals surface area contributed by atoms with Crippen molar-refractivity contribution >= 4 is 12.0 Å². The average molecular weight is 227 g/mol. The predicted octanol–water partition coefficient (Wildman–Crippen LogP) is 1.90. The highest BCUT2D eigenvalue weighted by molar-refractivity contribution is 5.88. The van der Waals surface area contributed by atoms with Crippen molar-refractivity contribution in [1.82, 2.24) is 5.32 Å². The van der Waals surface area contributed by atoms with Gasteiger partial charge in [0, 0.05) is 12.1 Å². The topological polar surface area (TPSA) is 49.3 Å². The number of aromatic carboxylic acids is 1. The van der Waals surface area contributed by atoms with Crippen molar-refractivity contribution in [2.75, 3.05) is 13.6 Å². The third kappa shape index (κ3) is 2.87. The molecular formula is C11H11F2NO2. The second-order valence-corrected chi connectivity index (χ2v) is 3.12. The van der Waals surface area contributed by atoms with Crippen molar-refractivity contribution in [1.29, 1.82) is 0 Å². The van der Waals surface area contributed by atoms with E-state index in [1.54, 1.807) is 13.1 Å². The van der Waals surface area contributed by atoms with Gasteiger partial charge in [0.1, 0.15) is 11.6 Å². The molecule has 1 rings (SSSR count). The highest BCUT2D eigenvalue weighted by Gasteiger charge is 2.13. The Morgan fingerprint density at radius 1 is 1.44 bits per heavy atom. The molecule has 0 saturated heterocycles. The predicted molar refractivity (Wildman–Crippen MR) is 56.3 cm³/mol. The third-order valence-corrected chi connectivity index (χ3v) is 1.94. The smallest absolute Gasteiger partial charge is 0.338 e. The van der Waals surface area contributed by atoms with Crippen LogP contribution in [-0.2, 0) is 0 Å². The lowest BCUT2D eigenvalue weighted by Crippen LogP contribution is -2.04. The van der Waals surface area contributed by atoms with Crippen LogP contribution in [0.2, 0.25) is 0 Å². The molecular weight excluding hydrogens is 216 g/mol. The number of carbonyl (C=O) groups is 1. The van der Waals surface area contributed by atoms with Crippen LogP contribution in [-0.4, -0.2) is 24.7 Å². The molecule has 0 unspecified atom stereocenters. The molecule has 0 aliphatic rings. The maximum absolute atomic E-state index is 13.3. The van der Waals surface area contributed by atoms with Crippen LogP contribution in [0.1, 0.15) is 15.9 Å². The molecule has 0 bridgehead atoms. The Hall–Kier alpha value is -1.75. The Bertz CT molecular complexity index is 430. The fourth-order valence-corrected chi connectivity index (χ4v) is 1.16. The van der Waals surface area contributed by atoms with Gasteiger partial charge >= 0.3 is 5.97 Å². The van der Waals surface area contributed by atoms with Gasteiger partial charge in [-0.15, -0.1) is 0 Å². The lowest BCUT2D eigenvalue weighted by Gasteiger charge is -2.01. The van der Waals surface area contributed by atoms with E-state index in [-0.39, 0.29) is 5.56 Å². The summed E-state index contributed by atoms with van der Waals surface area (Å²) >= 11 is 0. The second-order valence-electron chi connectivity index (χ2n) is 3.12. The molecule has 0 aromatic heterocycles. The van der Waals surface area contributed by atoms with Gasteiger partial charge in [0.05, 0.1) is 5.56 Å². The Kier molecular flexibility index (Phi) is 4.13. The van der Waals surface area contributed by atoms with E-state index >= 15 is 0 Å². The summed E-state index contributed by atoms with van der Waals surface area (Å²) in [6, 6.07) is 1.54. The minimum atomic E-state index is -1.48. The van der Waals surface area contributed by atoms with E-state index in [9.17, 15) is 13.6 Å². The van der Waals surface area contributed by atoms with E-state index in [4.69, 9.17) is 5.11 Å². The zero-order valence-corrected chi connectivity index (χ0v) is 8.63. The number of rotatable bonds is 4. The first-order valence-electron chi connectivity index (χ1n) is 4.59. The van der Waals surface area contributed by atoms with Crippen LogP contribution in [0.25, 0.3) is 6.08 Å². The number of likely N-dealkylation sites (N-methyl/N-ethyl adjacent to an activating group) is 1. The number of carboxylic acids is 1. The number of halogens is 2. The quantitative estimate of drug-likeness (QED) is 0.825. The Morgan fingerprint density at radius 2 is 2.12 bits per heavy atom. The molecule has 0 atom stereocenters. The molecule has 0 heterocycles. The normalized spacial score (nSPS) is 10.9. The van der Waals surface area contributed by atoms with E-state index in [0.717, 1.165) is 6.07 Å². The van der Waals surface area contributed by atoms with Crippen molar-refractivity contribution in [2.45, 2.75) is 0 Å². The number of hydrogen-bond donors (Lipinski definition) is 2. The fourth-order valence-electron chi connectivity index (χ4n) is 1.16. The summed E-state index contributed by atoms with van der Waals surface area (Å²) in [5.74, 6) is -3.19. The van der Waals surface area contributed by atoms with Gasteiger partial charge in [-0.3, -0.25) is 0 Å². The van der Waals surface area contributed by atoms with Crippen LogP contribution in [0.4, 0.5) is 8.78 Å². The molecule has 1 aromatic rings. The van der Waals surface area contributed by atoms with Gasteiger partial charge in [-0.1, -0.05) is 12.2 Å². The van der Waals surface area contributed by atoms with Crippen LogP contribution in [0.5, 0.6) is 0 Å². The lowest BCUT2D eigenvalue weighted by molar-refractivity contribution is 0.0691. The SMILES string of the molecule is CNCC=Cc1cc(F)c(C(=O)O)cc1F. The molecule has 16 heavy (non-hydrogen) atoms. The molecule has 0 fully saturated rings. The van der Waals surface area contributed by atoms with Gasteiger partial charge in [0.15, 0.2) is 0 Å². The molecule has 5 heteroatoms. The molecule has 0 saturated carbocycles. The molecule has 0 aliphatic carbocycles. The van der Waals surface area contributed by atoms with Gasteiger partial charge in [0.2, 0.25) is 0 Å². The van der Waals surface area contributed by atoms with Gasteiger partial charge in [-0.05, 0) is 19.2 Å². The maximum Gasteiger partial charge on any atom is 0.338 e. The van der Waals surface area contributed by atoms with E-state index in [2.05, 4.69) is 5.32 Å². The molecule has 0 aliphatic heterocycles. The molecule has 2 N–H and O–H groups in total. The summed E-state index contributed by atoms with van der Waals surface area (Å²) in [6.07, 6.45) is 3.00. The fraction of sp³-hybridized carbons (Fsp3) is 0.182. The zero-order chi connectivity index (χ0) is 12.1. The summed E-state index contributed by atoms with van der Waals surface area (Å²) in [4.78, 5) is 10.5. The molecule has 0 spiro atoms. The van der Waals surface area contributed by atoms with Crippen LogP contribution < -0.4 is 5.32 Å². The van der Waals surface area contributed by atoms with Crippen molar-refractivity contribution < 1.29 is 18.7 Å². The van der Waals surface area contributed by atoms with Crippen LogP contribution in [0.15, 0.2) is 18.2 Å². The van der Waals surface area contributed by atoms with Crippen molar-refractivity contribution in [3.8, 4) is 0 Å². The molecule has 1 aromatic carbocycles. The summed E-state index contributed by atoms with van der Waals surface area (Å²) in [6.45, 7) is 0.516. The minimum absolute atomic E-state index is 0.0257. The lowest BCUT2D eigenvalue weighted by atomic mass is 10.1. The van der Waals surface area contributed by atoms with E-state index in [1.807, 2.05) is 0 Å². The second kappa shape index (κ2) is 5.37. The monoisotopic (exact) mass is 227 g/mol. The number of hydrogen-bond acceptors (Lipinski definition) is 2. The first-order valence-corrected chi connectivity index (χ1v) is 4.59. The average Bonchev–Trinajstić information content (AvgIpc) is 2.22. The Morgan fingerprint density at radius 3 is 2.69 bits per heavy atom. The van der Waals surface area contributed by atoms with E-state index < -0.39 is 23.2 Å². The first kappa shape index (κ1) is 12.3. The summed E-state index contributed by atoms with van der Waals surface area (Å²) in [5, 5.41) is 11.4. The maximum atomic E-state index is 13.3. The molecule has 0 radical (unpaired) electrons. The van der Waals surface area contributed by atoms with Gasteiger partial charge in [-0.25, -0.2) is 13.6 Å². The highest BCUT2D eigenvalue weighted by atomic mass is 19.1.